The Morgan fingerprint density at radius 1 is 1.16 bits per heavy atom. The maximum atomic E-state index is 6.26. The zero-order valence-electron chi connectivity index (χ0n) is 10.4. The SMILES string of the molecule is NNC(CCc1ccccc1)c1ccc(Br)cc1Cl. The molecule has 0 saturated carbocycles. The molecule has 0 aromatic heterocycles. The van der Waals surface area contributed by atoms with Crippen molar-refractivity contribution in [2.75, 3.05) is 0 Å². The molecule has 0 aliphatic heterocycles. The number of hydrogen-bond donors (Lipinski definition) is 2. The van der Waals surface area contributed by atoms with Gasteiger partial charge >= 0.3 is 0 Å². The van der Waals surface area contributed by atoms with Crippen LogP contribution >= 0.6 is 27.5 Å². The normalized spacial score (nSPS) is 12.4. The molecular weight excluding hydrogens is 324 g/mol. The van der Waals surface area contributed by atoms with E-state index < -0.39 is 0 Å². The summed E-state index contributed by atoms with van der Waals surface area (Å²) in [6, 6.07) is 16.3. The molecule has 100 valence electrons. The van der Waals surface area contributed by atoms with Crippen LogP contribution in [0.3, 0.4) is 0 Å². The van der Waals surface area contributed by atoms with Crippen molar-refractivity contribution in [2.45, 2.75) is 18.9 Å². The number of rotatable bonds is 5. The summed E-state index contributed by atoms with van der Waals surface area (Å²) in [5.74, 6) is 5.66. The molecule has 4 heteroatoms. The third kappa shape index (κ3) is 4.05. The first kappa shape index (κ1) is 14.5. The van der Waals surface area contributed by atoms with Gasteiger partial charge in [-0.3, -0.25) is 11.3 Å². The molecule has 0 aliphatic carbocycles. The minimum atomic E-state index is 0.0563. The second-order valence-electron chi connectivity index (χ2n) is 4.41. The molecule has 2 nitrogen and oxygen atoms in total. The Balaban J connectivity index is 2.08. The van der Waals surface area contributed by atoms with Crippen LogP contribution in [0.4, 0.5) is 0 Å². The van der Waals surface area contributed by atoms with E-state index in [1.54, 1.807) is 0 Å². The average molecular weight is 340 g/mol. The van der Waals surface area contributed by atoms with Crippen LogP contribution in [-0.4, -0.2) is 0 Å². The van der Waals surface area contributed by atoms with E-state index in [4.69, 9.17) is 17.4 Å². The highest BCUT2D eigenvalue weighted by atomic mass is 79.9. The van der Waals surface area contributed by atoms with E-state index in [9.17, 15) is 0 Å². The van der Waals surface area contributed by atoms with E-state index in [1.807, 2.05) is 36.4 Å². The van der Waals surface area contributed by atoms with Crippen LogP contribution in [0, 0.1) is 0 Å². The number of hydrogen-bond acceptors (Lipinski definition) is 2. The molecule has 0 aliphatic rings. The molecule has 1 unspecified atom stereocenters. The summed E-state index contributed by atoms with van der Waals surface area (Å²) in [6.07, 6.45) is 1.87. The van der Waals surface area contributed by atoms with Crippen LogP contribution in [0.25, 0.3) is 0 Å². The largest absolute Gasteiger partial charge is 0.271 e. The average Bonchev–Trinajstić information content (AvgIpc) is 2.42. The maximum absolute atomic E-state index is 6.26. The number of nitrogens with two attached hydrogens (primary N) is 1. The number of aryl methyl sites for hydroxylation is 1. The van der Waals surface area contributed by atoms with Crippen LogP contribution in [0.5, 0.6) is 0 Å². The van der Waals surface area contributed by atoms with Crippen molar-refractivity contribution in [3.05, 3.63) is 69.2 Å². The predicted molar refractivity (Wildman–Crippen MR) is 84.0 cm³/mol. The molecule has 3 N–H and O–H groups in total. The topological polar surface area (TPSA) is 38.0 Å². The highest BCUT2D eigenvalue weighted by molar-refractivity contribution is 9.10. The number of hydrazine groups is 1. The fourth-order valence-corrected chi connectivity index (χ4v) is 2.87. The van der Waals surface area contributed by atoms with Gasteiger partial charge in [-0.15, -0.1) is 0 Å². The molecule has 0 heterocycles. The molecule has 0 fully saturated rings. The lowest BCUT2D eigenvalue weighted by atomic mass is 9.99. The van der Waals surface area contributed by atoms with Gasteiger partial charge in [-0.25, -0.2) is 0 Å². The Morgan fingerprint density at radius 2 is 1.89 bits per heavy atom. The van der Waals surface area contributed by atoms with Gasteiger partial charge in [0.25, 0.3) is 0 Å². The Hall–Kier alpha value is -0.870. The Bertz CT molecular complexity index is 531. The summed E-state index contributed by atoms with van der Waals surface area (Å²) in [5, 5.41) is 0.727. The van der Waals surface area contributed by atoms with Gasteiger partial charge < -0.3 is 0 Å². The molecule has 2 rings (SSSR count). The Morgan fingerprint density at radius 3 is 2.53 bits per heavy atom. The minimum absolute atomic E-state index is 0.0563. The smallest absolute Gasteiger partial charge is 0.0477 e. The second-order valence-corrected chi connectivity index (χ2v) is 5.73. The summed E-state index contributed by atoms with van der Waals surface area (Å²) in [6.45, 7) is 0. The van der Waals surface area contributed by atoms with E-state index in [2.05, 4.69) is 33.5 Å². The van der Waals surface area contributed by atoms with Gasteiger partial charge in [0, 0.05) is 15.5 Å². The second kappa shape index (κ2) is 7.06. The van der Waals surface area contributed by atoms with Crippen molar-refractivity contribution in [3.8, 4) is 0 Å². The van der Waals surface area contributed by atoms with Gasteiger partial charge in [-0.05, 0) is 36.1 Å². The quantitative estimate of drug-likeness (QED) is 0.631. The van der Waals surface area contributed by atoms with E-state index in [1.165, 1.54) is 5.56 Å². The van der Waals surface area contributed by atoms with Crippen molar-refractivity contribution in [3.63, 3.8) is 0 Å². The molecule has 1 atom stereocenters. The van der Waals surface area contributed by atoms with Crippen molar-refractivity contribution < 1.29 is 0 Å². The molecule has 2 aromatic carbocycles. The third-order valence-electron chi connectivity index (χ3n) is 3.10. The highest BCUT2D eigenvalue weighted by Gasteiger charge is 2.13. The van der Waals surface area contributed by atoms with Crippen molar-refractivity contribution in [2.24, 2.45) is 5.84 Å². The zero-order valence-corrected chi connectivity index (χ0v) is 12.8. The van der Waals surface area contributed by atoms with Gasteiger partial charge in [0.15, 0.2) is 0 Å². The molecule has 0 amide bonds. The minimum Gasteiger partial charge on any atom is -0.271 e. The standard InChI is InChI=1S/C15H16BrClN2/c16-12-7-8-13(14(17)10-12)15(19-18)9-6-11-4-2-1-3-5-11/h1-5,7-8,10,15,19H,6,9,18H2. The third-order valence-corrected chi connectivity index (χ3v) is 3.92. The number of benzene rings is 2. The van der Waals surface area contributed by atoms with Crippen molar-refractivity contribution >= 4 is 27.5 Å². The summed E-state index contributed by atoms with van der Waals surface area (Å²) >= 11 is 9.67. The van der Waals surface area contributed by atoms with Crippen LogP contribution in [0.15, 0.2) is 53.0 Å². The first-order chi connectivity index (χ1) is 9.20. The maximum Gasteiger partial charge on any atom is 0.0477 e. The van der Waals surface area contributed by atoms with E-state index in [0.717, 1.165) is 27.9 Å². The number of nitrogens with one attached hydrogen (secondary N) is 1. The van der Waals surface area contributed by atoms with Gasteiger partial charge in [0.2, 0.25) is 0 Å². The van der Waals surface area contributed by atoms with E-state index >= 15 is 0 Å². The molecule has 0 radical (unpaired) electrons. The highest BCUT2D eigenvalue weighted by Crippen LogP contribution is 2.28. The molecular formula is C15H16BrClN2. The Kier molecular flexibility index (Phi) is 5.40. The van der Waals surface area contributed by atoms with Crippen molar-refractivity contribution in [1.29, 1.82) is 0 Å². The zero-order chi connectivity index (χ0) is 13.7. The van der Waals surface area contributed by atoms with Crippen LogP contribution in [-0.2, 0) is 6.42 Å². The first-order valence-corrected chi connectivity index (χ1v) is 7.33. The van der Waals surface area contributed by atoms with Gasteiger partial charge in [-0.1, -0.05) is 63.9 Å². The fourth-order valence-electron chi connectivity index (χ4n) is 2.07. The summed E-state index contributed by atoms with van der Waals surface area (Å²) in [4.78, 5) is 0. The number of halogens is 2. The molecule has 2 aromatic rings. The summed E-state index contributed by atoms with van der Waals surface area (Å²) in [7, 11) is 0. The van der Waals surface area contributed by atoms with Crippen LogP contribution in [0.2, 0.25) is 5.02 Å². The molecule has 0 saturated heterocycles. The van der Waals surface area contributed by atoms with Gasteiger partial charge in [-0.2, -0.15) is 0 Å². The van der Waals surface area contributed by atoms with Crippen molar-refractivity contribution in [1.82, 2.24) is 5.43 Å². The lowest BCUT2D eigenvalue weighted by Crippen LogP contribution is -2.28. The van der Waals surface area contributed by atoms with Crippen LogP contribution < -0.4 is 11.3 Å². The summed E-state index contributed by atoms with van der Waals surface area (Å²) in [5.41, 5.74) is 5.18. The monoisotopic (exact) mass is 338 g/mol. The van der Waals surface area contributed by atoms with Gasteiger partial charge in [0.1, 0.15) is 0 Å². The lowest BCUT2D eigenvalue weighted by Gasteiger charge is -2.18. The molecule has 19 heavy (non-hydrogen) atoms. The lowest BCUT2D eigenvalue weighted by molar-refractivity contribution is 0.516. The molecule has 0 spiro atoms. The predicted octanol–water partition coefficient (Wildman–Crippen LogP) is 4.24. The first-order valence-electron chi connectivity index (χ1n) is 6.15. The fraction of sp³-hybridized carbons (Fsp3) is 0.200. The van der Waals surface area contributed by atoms with Gasteiger partial charge in [0.05, 0.1) is 0 Å². The van der Waals surface area contributed by atoms with E-state index in [0.29, 0.717) is 0 Å². The van der Waals surface area contributed by atoms with Crippen LogP contribution in [0.1, 0.15) is 23.6 Å². The van der Waals surface area contributed by atoms with E-state index in [-0.39, 0.29) is 6.04 Å². The molecule has 0 bridgehead atoms. The Labute approximate surface area is 127 Å². The summed E-state index contributed by atoms with van der Waals surface area (Å²) < 4.78 is 0.972.